The van der Waals surface area contributed by atoms with E-state index in [2.05, 4.69) is 27.6 Å². The fourth-order valence-electron chi connectivity index (χ4n) is 2.77. The van der Waals surface area contributed by atoms with Crippen molar-refractivity contribution >= 4 is 29.9 Å². The van der Waals surface area contributed by atoms with E-state index in [0.29, 0.717) is 19.7 Å². The van der Waals surface area contributed by atoms with Crippen LogP contribution in [-0.4, -0.2) is 42.7 Å². The number of nitrogens with one attached hydrogen (secondary N) is 2. The Kier molecular flexibility index (Phi) is 7.57. The molecule has 0 unspecified atom stereocenters. The Labute approximate surface area is 176 Å². The van der Waals surface area contributed by atoms with E-state index >= 15 is 0 Å². The largest absolute Gasteiger partial charge is 0.492 e. The first-order valence-electron chi connectivity index (χ1n) is 8.54. The van der Waals surface area contributed by atoms with Gasteiger partial charge in [0.1, 0.15) is 12.4 Å². The summed E-state index contributed by atoms with van der Waals surface area (Å²) in [6, 6.07) is 5.56. The average molecular weight is 487 g/mol. The number of ether oxygens (including phenoxy) is 3. The standard InChI is InChI=1S/C18H25N5O3.HI/c1-12-15(13(2)23(4)22-12)10-21-18(19-3)20-7-8-24-14-5-6-16-17(9-14)26-11-25-16;/h5-6,9H,7-8,10-11H2,1-4H3,(H2,19,20,21);1H. The second-order valence-electron chi connectivity index (χ2n) is 5.99. The van der Waals surface area contributed by atoms with Crippen LogP contribution in [0.5, 0.6) is 17.2 Å². The van der Waals surface area contributed by atoms with Gasteiger partial charge in [-0.25, -0.2) is 0 Å². The first-order valence-corrected chi connectivity index (χ1v) is 8.54. The first-order chi connectivity index (χ1) is 12.6. The topological polar surface area (TPSA) is 81.9 Å². The second kappa shape index (κ2) is 9.67. The third kappa shape index (κ3) is 5.18. The van der Waals surface area contributed by atoms with Crippen LogP contribution < -0.4 is 24.8 Å². The maximum absolute atomic E-state index is 5.74. The van der Waals surface area contributed by atoms with Crippen LogP contribution >= 0.6 is 24.0 Å². The Morgan fingerprint density at radius 3 is 2.74 bits per heavy atom. The van der Waals surface area contributed by atoms with Gasteiger partial charge in [0.2, 0.25) is 6.79 Å². The number of aromatic nitrogens is 2. The van der Waals surface area contributed by atoms with Gasteiger partial charge in [0.15, 0.2) is 17.5 Å². The van der Waals surface area contributed by atoms with Gasteiger partial charge in [-0.15, -0.1) is 24.0 Å². The number of rotatable bonds is 6. The molecule has 0 radical (unpaired) electrons. The average Bonchev–Trinajstić information content (AvgIpc) is 3.19. The molecule has 0 aliphatic carbocycles. The normalized spacial score (nSPS) is 12.5. The molecule has 2 N–H and O–H groups in total. The molecule has 3 rings (SSSR count). The summed E-state index contributed by atoms with van der Waals surface area (Å²) in [4.78, 5) is 4.24. The molecule has 0 atom stereocenters. The molecule has 27 heavy (non-hydrogen) atoms. The number of halogens is 1. The van der Waals surface area contributed by atoms with Crippen molar-refractivity contribution in [3.63, 3.8) is 0 Å². The highest BCUT2D eigenvalue weighted by atomic mass is 127. The lowest BCUT2D eigenvalue weighted by Gasteiger charge is -2.13. The van der Waals surface area contributed by atoms with Crippen LogP contribution in [0.4, 0.5) is 0 Å². The molecule has 1 aromatic heterocycles. The number of aryl methyl sites for hydroxylation is 2. The van der Waals surface area contributed by atoms with Gasteiger partial charge in [0.05, 0.1) is 12.2 Å². The molecule has 148 valence electrons. The maximum Gasteiger partial charge on any atom is 0.231 e. The van der Waals surface area contributed by atoms with E-state index < -0.39 is 0 Å². The number of fused-ring (bicyclic) bond motifs is 1. The quantitative estimate of drug-likeness (QED) is 0.281. The van der Waals surface area contributed by atoms with Crippen LogP contribution in [0.15, 0.2) is 23.2 Å². The van der Waals surface area contributed by atoms with Crippen LogP contribution in [0.2, 0.25) is 0 Å². The summed E-state index contributed by atoms with van der Waals surface area (Å²) in [6.07, 6.45) is 0. The second-order valence-corrected chi connectivity index (χ2v) is 5.99. The Bertz CT molecular complexity index is 807. The Morgan fingerprint density at radius 1 is 1.26 bits per heavy atom. The summed E-state index contributed by atoms with van der Waals surface area (Å²) < 4.78 is 18.3. The molecule has 2 aromatic rings. The van der Waals surface area contributed by atoms with Crippen LogP contribution in [0.25, 0.3) is 0 Å². The molecule has 0 amide bonds. The molecule has 0 bridgehead atoms. The highest BCUT2D eigenvalue weighted by Gasteiger charge is 2.13. The molecule has 1 aliphatic rings. The molecule has 0 saturated carbocycles. The van der Waals surface area contributed by atoms with E-state index in [-0.39, 0.29) is 30.8 Å². The molecule has 1 aliphatic heterocycles. The molecular formula is C18H26IN5O3. The third-order valence-corrected chi connectivity index (χ3v) is 4.32. The van der Waals surface area contributed by atoms with E-state index in [0.717, 1.165) is 34.6 Å². The summed E-state index contributed by atoms with van der Waals surface area (Å²) >= 11 is 0. The smallest absolute Gasteiger partial charge is 0.231 e. The zero-order valence-corrected chi connectivity index (χ0v) is 18.4. The summed E-state index contributed by atoms with van der Waals surface area (Å²) in [7, 11) is 3.70. The van der Waals surface area contributed by atoms with Crippen molar-refractivity contribution in [1.29, 1.82) is 0 Å². The molecule has 0 saturated heterocycles. The van der Waals surface area contributed by atoms with Gasteiger partial charge in [-0.3, -0.25) is 9.67 Å². The molecule has 1 aromatic carbocycles. The van der Waals surface area contributed by atoms with Crippen molar-refractivity contribution in [3.05, 3.63) is 35.2 Å². The molecule has 9 heteroatoms. The number of hydrogen-bond donors (Lipinski definition) is 2. The van der Waals surface area contributed by atoms with Crippen molar-refractivity contribution < 1.29 is 14.2 Å². The highest BCUT2D eigenvalue weighted by molar-refractivity contribution is 14.0. The molecule has 0 fully saturated rings. The molecule has 2 heterocycles. The van der Waals surface area contributed by atoms with Gasteiger partial charge in [-0.05, 0) is 26.0 Å². The van der Waals surface area contributed by atoms with Crippen LogP contribution in [0.3, 0.4) is 0 Å². The maximum atomic E-state index is 5.74. The lowest BCUT2D eigenvalue weighted by atomic mass is 10.2. The van der Waals surface area contributed by atoms with Crippen LogP contribution in [0, 0.1) is 13.8 Å². The van der Waals surface area contributed by atoms with Gasteiger partial charge < -0.3 is 24.8 Å². The minimum absolute atomic E-state index is 0. The Balaban J connectivity index is 0.00000261. The highest BCUT2D eigenvalue weighted by Crippen LogP contribution is 2.34. The molecule has 8 nitrogen and oxygen atoms in total. The van der Waals surface area contributed by atoms with Crippen molar-refractivity contribution in [2.24, 2.45) is 12.0 Å². The number of guanidine groups is 1. The van der Waals surface area contributed by atoms with Crippen LogP contribution in [0.1, 0.15) is 17.0 Å². The summed E-state index contributed by atoms with van der Waals surface area (Å²) in [6.45, 7) is 6.14. The van der Waals surface area contributed by atoms with Gasteiger partial charge in [0, 0.05) is 38.0 Å². The van der Waals surface area contributed by atoms with Gasteiger partial charge >= 0.3 is 0 Å². The number of nitrogens with zero attached hydrogens (tertiary/aromatic N) is 3. The Hall–Kier alpha value is -2.17. The van der Waals surface area contributed by atoms with E-state index in [1.807, 2.05) is 36.9 Å². The van der Waals surface area contributed by atoms with Gasteiger partial charge in [-0.2, -0.15) is 5.10 Å². The Morgan fingerprint density at radius 2 is 2.04 bits per heavy atom. The number of hydrogen-bond acceptors (Lipinski definition) is 5. The number of aliphatic imine (C=N–C) groups is 1. The molecular weight excluding hydrogens is 461 g/mol. The predicted molar refractivity (Wildman–Crippen MR) is 114 cm³/mol. The predicted octanol–water partition coefficient (Wildman–Crippen LogP) is 2.13. The van der Waals surface area contributed by atoms with E-state index in [1.54, 1.807) is 7.05 Å². The monoisotopic (exact) mass is 487 g/mol. The van der Waals surface area contributed by atoms with Gasteiger partial charge in [-0.1, -0.05) is 0 Å². The zero-order chi connectivity index (χ0) is 18.5. The van der Waals surface area contributed by atoms with Crippen LogP contribution in [-0.2, 0) is 13.6 Å². The van der Waals surface area contributed by atoms with E-state index in [4.69, 9.17) is 14.2 Å². The minimum atomic E-state index is 0. The van der Waals surface area contributed by atoms with Crippen molar-refractivity contribution in [2.45, 2.75) is 20.4 Å². The lowest BCUT2D eigenvalue weighted by Crippen LogP contribution is -2.39. The first kappa shape index (κ1) is 21.1. The van der Waals surface area contributed by atoms with Crippen molar-refractivity contribution in [1.82, 2.24) is 20.4 Å². The lowest BCUT2D eigenvalue weighted by molar-refractivity contribution is 0.173. The fraction of sp³-hybridized carbons (Fsp3) is 0.444. The minimum Gasteiger partial charge on any atom is -0.492 e. The fourth-order valence-corrected chi connectivity index (χ4v) is 2.77. The number of benzene rings is 1. The van der Waals surface area contributed by atoms with Crippen molar-refractivity contribution in [3.8, 4) is 17.2 Å². The van der Waals surface area contributed by atoms with Crippen molar-refractivity contribution in [2.75, 3.05) is 27.0 Å². The van der Waals surface area contributed by atoms with E-state index in [1.165, 1.54) is 5.56 Å². The molecule has 0 spiro atoms. The third-order valence-electron chi connectivity index (χ3n) is 4.32. The summed E-state index contributed by atoms with van der Waals surface area (Å²) in [5.41, 5.74) is 3.36. The van der Waals surface area contributed by atoms with Gasteiger partial charge in [0.25, 0.3) is 0 Å². The SMILES string of the molecule is CN=C(NCCOc1ccc2c(c1)OCO2)NCc1c(C)nn(C)c1C.I. The van der Waals surface area contributed by atoms with E-state index in [9.17, 15) is 0 Å². The summed E-state index contributed by atoms with van der Waals surface area (Å²) in [5.74, 6) is 2.94. The zero-order valence-electron chi connectivity index (χ0n) is 16.0. The summed E-state index contributed by atoms with van der Waals surface area (Å²) in [5, 5.41) is 11.0.